The fourth-order valence-electron chi connectivity index (χ4n) is 1.24. The highest BCUT2D eigenvalue weighted by atomic mass is 16.2. The maximum Gasteiger partial charge on any atom is 0.146 e. The van der Waals surface area contributed by atoms with E-state index in [1.54, 1.807) is 0 Å². The van der Waals surface area contributed by atoms with Crippen LogP contribution in [0.25, 0.3) is 0 Å². The van der Waals surface area contributed by atoms with Gasteiger partial charge in [-0.15, -0.1) is 0 Å². The highest BCUT2D eigenvalue weighted by molar-refractivity contribution is 5.80. The maximum atomic E-state index is 10.8. The van der Waals surface area contributed by atoms with Crippen LogP contribution in [0.1, 0.15) is 44.9 Å². The molecule has 0 atom stereocenters. The molecule has 0 aliphatic carbocycles. The van der Waals surface area contributed by atoms with E-state index in [2.05, 4.69) is 0 Å². The molecule has 0 aromatic carbocycles. The molecule has 0 aromatic rings. The molecule has 3 nitrogen and oxygen atoms in total. The molecule has 0 saturated heterocycles. The first-order valence-corrected chi connectivity index (χ1v) is 5.14. The molecule has 0 aliphatic rings. The highest BCUT2D eigenvalue weighted by Gasteiger charge is 1.97. The lowest BCUT2D eigenvalue weighted by molar-refractivity contribution is -0.117. The monoisotopic (exact) mass is 187 g/mol. The number of carbonyl (C=O) groups is 1. The van der Waals surface area contributed by atoms with Crippen molar-refractivity contribution in [3.63, 3.8) is 0 Å². The van der Waals surface area contributed by atoms with Crippen LogP contribution in [-0.4, -0.2) is 24.0 Å². The number of aliphatic hydroxyl groups excluding tert-OH is 1. The van der Waals surface area contributed by atoms with Gasteiger partial charge < -0.3 is 10.8 Å². The van der Waals surface area contributed by atoms with Crippen LogP contribution in [0.5, 0.6) is 0 Å². The van der Waals surface area contributed by atoms with Crippen LogP contribution in [0.4, 0.5) is 0 Å². The van der Waals surface area contributed by atoms with Crippen LogP contribution < -0.4 is 5.73 Å². The summed E-state index contributed by atoms with van der Waals surface area (Å²) in [6, 6.07) is 0. The third-order valence-corrected chi connectivity index (χ3v) is 2.09. The Morgan fingerprint density at radius 1 is 1.00 bits per heavy atom. The molecule has 0 saturated carbocycles. The van der Waals surface area contributed by atoms with Gasteiger partial charge in [-0.1, -0.05) is 25.7 Å². The highest BCUT2D eigenvalue weighted by Crippen LogP contribution is 2.06. The Morgan fingerprint density at radius 3 is 2.08 bits per heavy atom. The minimum atomic E-state index is 0.162. The third-order valence-electron chi connectivity index (χ3n) is 2.09. The fourth-order valence-corrected chi connectivity index (χ4v) is 1.24. The minimum absolute atomic E-state index is 0.162. The average molecular weight is 187 g/mol. The van der Waals surface area contributed by atoms with E-state index in [-0.39, 0.29) is 12.3 Å². The number of hydrogen-bond acceptors (Lipinski definition) is 3. The van der Waals surface area contributed by atoms with E-state index in [4.69, 9.17) is 10.8 Å². The molecule has 0 fully saturated rings. The van der Waals surface area contributed by atoms with Crippen molar-refractivity contribution in [3.8, 4) is 0 Å². The van der Waals surface area contributed by atoms with Gasteiger partial charge in [-0.3, -0.25) is 4.79 Å². The Bertz CT molecular complexity index is 126. The molecule has 13 heavy (non-hydrogen) atoms. The Labute approximate surface area is 80.3 Å². The molecule has 0 heterocycles. The van der Waals surface area contributed by atoms with Crippen LogP contribution in [0.15, 0.2) is 0 Å². The predicted molar refractivity (Wildman–Crippen MR) is 53.5 cm³/mol. The van der Waals surface area contributed by atoms with Gasteiger partial charge in [0.2, 0.25) is 0 Å². The summed E-state index contributed by atoms with van der Waals surface area (Å²) in [5.41, 5.74) is 5.18. The number of ketones is 1. The molecule has 0 radical (unpaired) electrons. The van der Waals surface area contributed by atoms with Crippen molar-refractivity contribution < 1.29 is 9.90 Å². The average Bonchev–Trinajstić information content (AvgIpc) is 2.16. The Hall–Kier alpha value is -0.410. The number of hydrogen-bond donors (Lipinski definition) is 2. The molecule has 0 aromatic heterocycles. The van der Waals surface area contributed by atoms with E-state index < -0.39 is 0 Å². The summed E-state index contributed by atoms with van der Waals surface area (Å²) in [5, 5.41) is 8.52. The van der Waals surface area contributed by atoms with Crippen molar-refractivity contribution in [2.24, 2.45) is 5.73 Å². The summed E-state index contributed by atoms with van der Waals surface area (Å²) in [4.78, 5) is 10.8. The van der Waals surface area contributed by atoms with Crippen LogP contribution in [0, 0.1) is 0 Å². The second kappa shape index (κ2) is 9.68. The van der Waals surface area contributed by atoms with Gasteiger partial charge in [-0.05, 0) is 12.8 Å². The molecule has 3 heteroatoms. The molecule has 78 valence electrons. The number of aliphatic hydroxyl groups is 1. The Morgan fingerprint density at radius 2 is 1.54 bits per heavy atom. The van der Waals surface area contributed by atoms with Gasteiger partial charge in [-0.25, -0.2) is 0 Å². The number of unbranched alkanes of at least 4 members (excludes halogenated alkanes) is 5. The second-order valence-electron chi connectivity index (χ2n) is 3.34. The Kier molecular flexibility index (Phi) is 9.37. The van der Waals surface area contributed by atoms with Gasteiger partial charge in [0, 0.05) is 13.0 Å². The lowest BCUT2D eigenvalue weighted by Gasteiger charge is -1.99. The SMILES string of the molecule is NCC(=O)CCCCCCCCO. The first-order chi connectivity index (χ1) is 6.31. The standard InChI is InChI=1S/C10H21NO2/c11-9-10(13)7-5-3-1-2-4-6-8-12/h12H,1-9,11H2. The summed E-state index contributed by atoms with van der Waals surface area (Å²) in [7, 11) is 0. The first kappa shape index (κ1) is 12.6. The van der Waals surface area contributed by atoms with Gasteiger partial charge in [0.25, 0.3) is 0 Å². The predicted octanol–water partition coefficient (Wildman–Crippen LogP) is 1.24. The molecule has 0 bridgehead atoms. The Balaban J connectivity index is 2.95. The quantitative estimate of drug-likeness (QED) is 0.534. The van der Waals surface area contributed by atoms with Crippen LogP contribution in [-0.2, 0) is 4.79 Å². The van der Waals surface area contributed by atoms with E-state index in [9.17, 15) is 4.79 Å². The van der Waals surface area contributed by atoms with E-state index in [1.807, 2.05) is 0 Å². The summed E-state index contributed by atoms with van der Waals surface area (Å²) < 4.78 is 0. The first-order valence-electron chi connectivity index (χ1n) is 5.14. The second-order valence-corrected chi connectivity index (χ2v) is 3.34. The molecule has 0 aliphatic heterocycles. The zero-order valence-electron chi connectivity index (χ0n) is 8.30. The number of nitrogens with two attached hydrogens (primary N) is 1. The number of rotatable bonds is 9. The van der Waals surface area contributed by atoms with Gasteiger partial charge in [0.15, 0.2) is 0 Å². The van der Waals surface area contributed by atoms with E-state index in [0.717, 1.165) is 38.5 Å². The molecule has 0 rings (SSSR count). The van der Waals surface area contributed by atoms with Gasteiger partial charge in [-0.2, -0.15) is 0 Å². The van der Waals surface area contributed by atoms with Gasteiger partial charge in [0.1, 0.15) is 5.78 Å². The van der Waals surface area contributed by atoms with Crippen LogP contribution >= 0.6 is 0 Å². The minimum Gasteiger partial charge on any atom is -0.396 e. The van der Waals surface area contributed by atoms with E-state index in [1.165, 1.54) is 0 Å². The van der Waals surface area contributed by atoms with Crippen molar-refractivity contribution in [2.45, 2.75) is 44.9 Å². The molecule has 0 spiro atoms. The molecular formula is C10H21NO2. The summed E-state index contributed by atoms with van der Waals surface area (Å²) in [5.74, 6) is 0.162. The smallest absolute Gasteiger partial charge is 0.146 e. The zero-order chi connectivity index (χ0) is 9.94. The molecule has 0 amide bonds. The van der Waals surface area contributed by atoms with E-state index in [0.29, 0.717) is 13.0 Å². The van der Waals surface area contributed by atoms with Gasteiger partial charge in [0.05, 0.1) is 6.54 Å². The number of Topliss-reactive ketones (excluding diaryl/α,β-unsaturated/α-hetero) is 1. The van der Waals surface area contributed by atoms with Crippen molar-refractivity contribution in [1.82, 2.24) is 0 Å². The normalized spacial score (nSPS) is 10.3. The molecular weight excluding hydrogens is 166 g/mol. The largest absolute Gasteiger partial charge is 0.396 e. The summed E-state index contributed by atoms with van der Waals surface area (Å²) in [6.45, 7) is 0.482. The lowest BCUT2D eigenvalue weighted by atomic mass is 10.1. The van der Waals surface area contributed by atoms with Crippen molar-refractivity contribution >= 4 is 5.78 Å². The van der Waals surface area contributed by atoms with Gasteiger partial charge >= 0.3 is 0 Å². The molecule has 3 N–H and O–H groups in total. The maximum absolute atomic E-state index is 10.8. The third kappa shape index (κ3) is 9.50. The summed E-state index contributed by atoms with van der Waals surface area (Å²) >= 11 is 0. The van der Waals surface area contributed by atoms with Crippen molar-refractivity contribution in [1.29, 1.82) is 0 Å². The molecule has 0 unspecified atom stereocenters. The zero-order valence-corrected chi connectivity index (χ0v) is 8.30. The lowest BCUT2D eigenvalue weighted by Crippen LogP contribution is -2.12. The van der Waals surface area contributed by atoms with E-state index >= 15 is 0 Å². The fraction of sp³-hybridized carbons (Fsp3) is 0.900. The topological polar surface area (TPSA) is 63.3 Å². The van der Waals surface area contributed by atoms with Crippen LogP contribution in [0.3, 0.4) is 0 Å². The number of carbonyl (C=O) groups excluding carboxylic acids is 1. The van der Waals surface area contributed by atoms with Crippen LogP contribution in [0.2, 0.25) is 0 Å². The van der Waals surface area contributed by atoms with Crippen molar-refractivity contribution in [3.05, 3.63) is 0 Å². The summed E-state index contributed by atoms with van der Waals surface area (Å²) in [6.07, 6.45) is 7.04. The van der Waals surface area contributed by atoms with Crippen molar-refractivity contribution in [2.75, 3.05) is 13.2 Å².